The summed E-state index contributed by atoms with van der Waals surface area (Å²) < 4.78 is 2.41. The number of hydrogen-bond acceptors (Lipinski definition) is 2. The summed E-state index contributed by atoms with van der Waals surface area (Å²) in [5.74, 6) is 2.01. The topological polar surface area (TPSA) is 8.17 Å². The molecule has 3 heterocycles. The Morgan fingerprint density at radius 3 is 2.85 bits per heavy atom. The SMILES string of the molecule is Cn1c2c(c3ccccc31)C(CN1CCCC1)CCS2. The third-order valence-corrected chi connectivity index (χ3v) is 6.09. The van der Waals surface area contributed by atoms with E-state index in [1.165, 1.54) is 60.6 Å². The number of nitrogens with zero attached hydrogens (tertiary/aromatic N) is 2. The number of hydrogen-bond donors (Lipinski definition) is 0. The van der Waals surface area contributed by atoms with Gasteiger partial charge in [0.25, 0.3) is 0 Å². The molecule has 4 rings (SSSR count). The predicted molar refractivity (Wildman–Crippen MR) is 86.7 cm³/mol. The predicted octanol–water partition coefficient (Wildman–Crippen LogP) is 3.85. The molecule has 0 N–H and O–H groups in total. The van der Waals surface area contributed by atoms with Crippen LogP contribution in [0.15, 0.2) is 29.3 Å². The van der Waals surface area contributed by atoms with Crippen molar-refractivity contribution in [1.82, 2.24) is 9.47 Å². The van der Waals surface area contributed by atoms with E-state index in [4.69, 9.17) is 0 Å². The molecule has 0 radical (unpaired) electrons. The van der Waals surface area contributed by atoms with Crippen LogP contribution in [0.2, 0.25) is 0 Å². The number of fused-ring (bicyclic) bond motifs is 3. The summed E-state index contributed by atoms with van der Waals surface area (Å²) in [5.41, 5.74) is 3.03. The molecule has 106 valence electrons. The first kappa shape index (κ1) is 12.8. The molecule has 1 atom stereocenters. The van der Waals surface area contributed by atoms with E-state index >= 15 is 0 Å². The van der Waals surface area contributed by atoms with Crippen molar-refractivity contribution >= 4 is 22.7 Å². The lowest BCUT2D eigenvalue weighted by atomic mass is 9.95. The van der Waals surface area contributed by atoms with Crippen LogP contribution in [0, 0.1) is 0 Å². The Balaban J connectivity index is 1.77. The number of para-hydroxylation sites is 1. The van der Waals surface area contributed by atoms with Gasteiger partial charge in [0.05, 0.1) is 5.03 Å². The van der Waals surface area contributed by atoms with E-state index in [0.717, 1.165) is 5.92 Å². The maximum Gasteiger partial charge on any atom is 0.0792 e. The average molecular weight is 286 g/mol. The monoisotopic (exact) mass is 286 g/mol. The van der Waals surface area contributed by atoms with Gasteiger partial charge in [-0.2, -0.15) is 0 Å². The molecule has 3 heteroatoms. The van der Waals surface area contributed by atoms with Crippen LogP contribution in [0.1, 0.15) is 30.7 Å². The zero-order valence-corrected chi connectivity index (χ0v) is 13.0. The molecule has 0 amide bonds. The molecular formula is C17H22N2S. The van der Waals surface area contributed by atoms with Gasteiger partial charge in [-0.15, -0.1) is 11.8 Å². The fourth-order valence-electron chi connectivity index (χ4n) is 3.87. The molecule has 2 nitrogen and oxygen atoms in total. The summed E-state index contributed by atoms with van der Waals surface area (Å²) in [7, 11) is 2.23. The summed E-state index contributed by atoms with van der Waals surface area (Å²) >= 11 is 2.05. The molecule has 0 aliphatic carbocycles. The Bertz CT molecular complexity index is 625. The second kappa shape index (κ2) is 5.12. The summed E-state index contributed by atoms with van der Waals surface area (Å²) in [6.07, 6.45) is 4.12. The van der Waals surface area contributed by atoms with E-state index < -0.39 is 0 Å². The Morgan fingerprint density at radius 1 is 1.20 bits per heavy atom. The van der Waals surface area contributed by atoms with Crippen molar-refractivity contribution in [2.45, 2.75) is 30.2 Å². The Morgan fingerprint density at radius 2 is 2.00 bits per heavy atom. The number of thioether (sulfide) groups is 1. The van der Waals surface area contributed by atoms with Crippen LogP contribution >= 0.6 is 11.8 Å². The standard InChI is InChI=1S/C17H22N2S/c1-18-15-7-3-2-6-14(15)16-13(8-11-20-17(16)18)12-19-9-4-5-10-19/h2-3,6-7,13H,4-5,8-12H2,1H3. The van der Waals surface area contributed by atoms with Gasteiger partial charge in [0.1, 0.15) is 0 Å². The number of aryl methyl sites for hydroxylation is 1. The first-order valence-electron chi connectivity index (χ1n) is 7.77. The van der Waals surface area contributed by atoms with Crippen LogP contribution in [-0.4, -0.2) is 34.9 Å². The van der Waals surface area contributed by atoms with Gasteiger partial charge in [-0.05, 0) is 44.0 Å². The van der Waals surface area contributed by atoms with Crippen LogP contribution < -0.4 is 0 Å². The quantitative estimate of drug-likeness (QED) is 0.828. The van der Waals surface area contributed by atoms with E-state index in [0.29, 0.717) is 0 Å². The van der Waals surface area contributed by atoms with Gasteiger partial charge in [-0.1, -0.05) is 18.2 Å². The highest BCUT2D eigenvalue weighted by Crippen LogP contribution is 2.43. The highest BCUT2D eigenvalue weighted by molar-refractivity contribution is 7.99. The summed E-state index contributed by atoms with van der Waals surface area (Å²) in [4.78, 5) is 2.67. The molecule has 20 heavy (non-hydrogen) atoms. The molecule has 0 bridgehead atoms. The van der Waals surface area contributed by atoms with Gasteiger partial charge in [0.2, 0.25) is 0 Å². The second-order valence-electron chi connectivity index (χ2n) is 6.14. The Kier molecular flexibility index (Phi) is 3.27. The fraction of sp³-hybridized carbons (Fsp3) is 0.529. The molecule has 2 aliphatic rings. The maximum absolute atomic E-state index is 2.67. The molecule has 0 saturated carbocycles. The summed E-state index contributed by atoms with van der Waals surface area (Å²) in [6, 6.07) is 8.93. The van der Waals surface area contributed by atoms with Crippen LogP contribution in [0.5, 0.6) is 0 Å². The van der Waals surface area contributed by atoms with Gasteiger partial charge in [-0.3, -0.25) is 0 Å². The highest BCUT2D eigenvalue weighted by Gasteiger charge is 2.28. The first-order valence-corrected chi connectivity index (χ1v) is 8.75. The van der Waals surface area contributed by atoms with Crippen molar-refractivity contribution in [3.63, 3.8) is 0 Å². The van der Waals surface area contributed by atoms with Gasteiger partial charge < -0.3 is 9.47 Å². The lowest BCUT2D eigenvalue weighted by Gasteiger charge is -2.27. The summed E-state index contributed by atoms with van der Waals surface area (Å²) in [6.45, 7) is 3.88. The molecular weight excluding hydrogens is 264 g/mol. The molecule has 1 fully saturated rings. The van der Waals surface area contributed by atoms with E-state index in [-0.39, 0.29) is 0 Å². The lowest BCUT2D eigenvalue weighted by Crippen LogP contribution is -2.27. The number of benzene rings is 1. The minimum Gasteiger partial charge on any atom is -0.339 e. The largest absolute Gasteiger partial charge is 0.339 e. The molecule has 1 aromatic heterocycles. The van der Waals surface area contributed by atoms with Gasteiger partial charge in [0.15, 0.2) is 0 Å². The van der Waals surface area contributed by atoms with E-state index in [1.807, 2.05) is 11.8 Å². The van der Waals surface area contributed by atoms with Crippen molar-refractivity contribution in [1.29, 1.82) is 0 Å². The van der Waals surface area contributed by atoms with Crippen molar-refractivity contribution in [2.24, 2.45) is 7.05 Å². The van der Waals surface area contributed by atoms with Gasteiger partial charge in [0, 0.05) is 36.2 Å². The fourth-order valence-corrected chi connectivity index (χ4v) is 5.19. The summed E-state index contributed by atoms with van der Waals surface area (Å²) in [5, 5.41) is 3.00. The molecule has 1 aromatic carbocycles. The molecule has 1 saturated heterocycles. The van der Waals surface area contributed by atoms with Gasteiger partial charge in [-0.25, -0.2) is 0 Å². The zero-order chi connectivity index (χ0) is 13.5. The normalized spacial score (nSPS) is 23.4. The third kappa shape index (κ3) is 1.99. The van der Waals surface area contributed by atoms with Crippen LogP contribution in [0.25, 0.3) is 10.9 Å². The number of rotatable bonds is 2. The van der Waals surface area contributed by atoms with Crippen LogP contribution in [0.4, 0.5) is 0 Å². The number of aromatic nitrogens is 1. The van der Waals surface area contributed by atoms with E-state index in [2.05, 4.69) is 40.8 Å². The van der Waals surface area contributed by atoms with Crippen molar-refractivity contribution < 1.29 is 0 Å². The smallest absolute Gasteiger partial charge is 0.0792 e. The van der Waals surface area contributed by atoms with Crippen LogP contribution in [-0.2, 0) is 7.05 Å². The highest BCUT2D eigenvalue weighted by atomic mass is 32.2. The lowest BCUT2D eigenvalue weighted by molar-refractivity contribution is 0.309. The molecule has 1 unspecified atom stereocenters. The van der Waals surface area contributed by atoms with Crippen molar-refractivity contribution in [3.05, 3.63) is 29.8 Å². The second-order valence-corrected chi connectivity index (χ2v) is 7.22. The van der Waals surface area contributed by atoms with Crippen molar-refractivity contribution in [3.8, 4) is 0 Å². The third-order valence-electron chi connectivity index (χ3n) is 4.88. The maximum atomic E-state index is 2.67. The minimum atomic E-state index is 0.732. The molecule has 2 aromatic rings. The van der Waals surface area contributed by atoms with Crippen LogP contribution in [0.3, 0.4) is 0 Å². The Labute approximate surface area is 125 Å². The molecule has 2 aliphatic heterocycles. The van der Waals surface area contributed by atoms with Gasteiger partial charge >= 0.3 is 0 Å². The average Bonchev–Trinajstić information content (AvgIpc) is 3.08. The minimum absolute atomic E-state index is 0.732. The zero-order valence-electron chi connectivity index (χ0n) is 12.1. The molecule has 0 spiro atoms. The number of likely N-dealkylation sites (tertiary alicyclic amines) is 1. The Hall–Kier alpha value is -0.930. The van der Waals surface area contributed by atoms with E-state index in [9.17, 15) is 0 Å². The van der Waals surface area contributed by atoms with Crippen molar-refractivity contribution in [2.75, 3.05) is 25.4 Å². The van der Waals surface area contributed by atoms with E-state index in [1.54, 1.807) is 5.56 Å². The first-order chi connectivity index (χ1) is 9.84.